The second-order valence-electron chi connectivity index (χ2n) is 5.98. The third kappa shape index (κ3) is 4.06. The first-order chi connectivity index (χ1) is 12.0. The zero-order valence-electron chi connectivity index (χ0n) is 14.2. The van der Waals surface area contributed by atoms with E-state index in [-0.39, 0.29) is 24.1 Å². The molecule has 130 valence electrons. The minimum Gasteiger partial charge on any atom is -0.491 e. The lowest BCUT2D eigenvalue weighted by Crippen LogP contribution is -2.33. The molecule has 0 saturated carbocycles. The maximum atomic E-state index is 12.2. The summed E-state index contributed by atoms with van der Waals surface area (Å²) in [6.45, 7) is 4.20. The summed E-state index contributed by atoms with van der Waals surface area (Å²) in [7, 11) is 0. The average Bonchev–Trinajstić information content (AvgIpc) is 3.06. The Kier molecular flexibility index (Phi) is 4.83. The summed E-state index contributed by atoms with van der Waals surface area (Å²) in [6, 6.07) is 11.0. The van der Waals surface area contributed by atoms with Crippen molar-refractivity contribution in [1.29, 1.82) is 0 Å². The van der Waals surface area contributed by atoms with E-state index in [0.717, 1.165) is 16.0 Å². The Labute approximate surface area is 144 Å². The van der Waals surface area contributed by atoms with Gasteiger partial charge in [0.15, 0.2) is 0 Å². The number of benzene rings is 1. The first-order valence-corrected chi connectivity index (χ1v) is 8.08. The van der Waals surface area contributed by atoms with Crippen LogP contribution in [0.2, 0.25) is 0 Å². The Balaban J connectivity index is 1.59. The van der Waals surface area contributed by atoms with Crippen LogP contribution in [0, 0.1) is 0 Å². The van der Waals surface area contributed by atoms with Gasteiger partial charge in [0.25, 0.3) is 5.56 Å². The van der Waals surface area contributed by atoms with Gasteiger partial charge in [-0.15, -0.1) is 0 Å². The molecule has 1 aromatic carbocycles. The van der Waals surface area contributed by atoms with Gasteiger partial charge in [-0.3, -0.25) is 9.59 Å². The van der Waals surface area contributed by atoms with E-state index < -0.39 is 0 Å². The van der Waals surface area contributed by atoms with Crippen LogP contribution in [0.4, 0.5) is 0 Å². The minimum atomic E-state index is -0.294. The van der Waals surface area contributed by atoms with E-state index in [9.17, 15) is 9.59 Å². The smallest absolute Gasteiger partial charge is 0.291 e. The van der Waals surface area contributed by atoms with E-state index in [1.165, 1.54) is 6.33 Å². The van der Waals surface area contributed by atoms with Gasteiger partial charge in [-0.05, 0) is 43.7 Å². The van der Waals surface area contributed by atoms with Crippen molar-refractivity contribution in [1.82, 2.24) is 19.5 Å². The van der Waals surface area contributed by atoms with E-state index >= 15 is 0 Å². The summed E-state index contributed by atoms with van der Waals surface area (Å²) in [5.41, 5.74) is 1.15. The second-order valence-corrected chi connectivity index (χ2v) is 5.98. The van der Waals surface area contributed by atoms with Gasteiger partial charge in [0, 0.05) is 12.7 Å². The Morgan fingerprint density at radius 1 is 1.24 bits per heavy atom. The number of amides is 1. The van der Waals surface area contributed by atoms with Crippen molar-refractivity contribution in [3.8, 4) is 5.75 Å². The molecule has 0 atom stereocenters. The van der Waals surface area contributed by atoms with Crippen molar-refractivity contribution in [3.05, 3.63) is 64.8 Å². The number of fused-ring (bicyclic) bond motifs is 1. The third-order valence-corrected chi connectivity index (χ3v) is 3.63. The molecule has 7 heteroatoms. The van der Waals surface area contributed by atoms with Crippen LogP contribution in [-0.2, 0) is 17.9 Å². The first kappa shape index (κ1) is 16.8. The molecule has 3 aromatic rings. The van der Waals surface area contributed by atoms with Gasteiger partial charge >= 0.3 is 0 Å². The highest BCUT2D eigenvalue weighted by Gasteiger charge is 2.08. The summed E-state index contributed by atoms with van der Waals surface area (Å²) in [6.07, 6.45) is 3.37. The van der Waals surface area contributed by atoms with Crippen molar-refractivity contribution < 1.29 is 9.53 Å². The van der Waals surface area contributed by atoms with Crippen molar-refractivity contribution in [2.75, 3.05) is 0 Å². The lowest BCUT2D eigenvalue weighted by molar-refractivity contribution is -0.122. The lowest BCUT2D eigenvalue weighted by Gasteiger charge is -2.10. The predicted octanol–water partition coefficient (Wildman–Crippen LogP) is 1.60. The van der Waals surface area contributed by atoms with E-state index in [4.69, 9.17) is 4.74 Å². The van der Waals surface area contributed by atoms with Crippen LogP contribution in [0.15, 0.2) is 53.7 Å². The van der Waals surface area contributed by atoms with E-state index in [1.54, 1.807) is 22.7 Å². The molecule has 1 N–H and O–H groups in total. The molecule has 0 fully saturated rings. The molecule has 2 aromatic heterocycles. The van der Waals surface area contributed by atoms with Gasteiger partial charge < -0.3 is 14.5 Å². The maximum absolute atomic E-state index is 12.2. The maximum Gasteiger partial charge on any atom is 0.291 e. The molecule has 0 bridgehead atoms. The van der Waals surface area contributed by atoms with Gasteiger partial charge in [0.2, 0.25) is 5.91 Å². The van der Waals surface area contributed by atoms with E-state index in [0.29, 0.717) is 12.1 Å². The van der Waals surface area contributed by atoms with Crippen LogP contribution < -0.4 is 15.6 Å². The number of nitrogens with one attached hydrogen (secondary N) is 1. The molecule has 2 heterocycles. The van der Waals surface area contributed by atoms with Crippen LogP contribution in [0.25, 0.3) is 5.52 Å². The number of rotatable bonds is 6. The fraction of sp³-hybridized carbons (Fsp3) is 0.278. The third-order valence-electron chi connectivity index (χ3n) is 3.63. The molecule has 7 nitrogen and oxygen atoms in total. The second kappa shape index (κ2) is 7.21. The standard InChI is InChI=1S/C18H20N4O3/c1-13(2)25-15-7-5-14(6-8-15)10-19-17(23)11-22-18(24)16-4-3-9-21(16)12-20-22/h3-9,12-13H,10-11H2,1-2H3,(H,19,23). The monoisotopic (exact) mass is 340 g/mol. The molecule has 0 aliphatic heterocycles. The highest BCUT2D eigenvalue weighted by molar-refractivity contribution is 5.75. The van der Waals surface area contributed by atoms with E-state index in [1.807, 2.05) is 38.1 Å². The number of carbonyl (C=O) groups excluding carboxylic acids is 1. The van der Waals surface area contributed by atoms with Crippen LogP contribution in [0.3, 0.4) is 0 Å². The molecule has 0 aliphatic carbocycles. The molecule has 0 spiro atoms. The van der Waals surface area contributed by atoms with Crippen molar-refractivity contribution in [2.24, 2.45) is 0 Å². The van der Waals surface area contributed by atoms with Crippen LogP contribution in [0.1, 0.15) is 19.4 Å². The topological polar surface area (TPSA) is 77.6 Å². The van der Waals surface area contributed by atoms with Crippen LogP contribution >= 0.6 is 0 Å². The lowest BCUT2D eigenvalue weighted by atomic mass is 10.2. The molecule has 0 unspecified atom stereocenters. The molecular formula is C18H20N4O3. The van der Waals surface area contributed by atoms with Crippen molar-refractivity contribution >= 4 is 11.4 Å². The Bertz CT molecular complexity index is 925. The van der Waals surface area contributed by atoms with Gasteiger partial charge in [-0.1, -0.05) is 12.1 Å². The summed E-state index contributed by atoms with van der Waals surface area (Å²) in [5.74, 6) is 0.523. The Hall–Kier alpha value is -3.09. The quantitative estimate of drug-likeness (QED) is 0.739. The first-order valence-electron chi connectivity index (χ1n) is 8.08. The SMILES string of the molecule is CC(C)Oc1ccc(CNC(=O)Cn2ncn3cccc3c2=O)cc1. The summed E-state index contributed by atoms with van der Waals surface area (Å²) in [4.78, 5) is 24.3. The fourth-order valence-corrected chi connectivity index (χ4v) is 2.44. The summed E-state index contributed by atoms with van der Waals surface area (Å²) >= 11 is 0. The normalized spacial score (nSPS) is 11.0. The minimum absolute atomic E-state index is 0.116. The zero-order chi connectivity index (χ0) is 17.8. The molecular weight excluding hydrogens is 320 g/mol. The number of carbonyl (C=O) groups is 1. The van der Waals surface area contributed by atoms with Crippen LogP contribution in [-0.4, -0.2) is 26.2 Å². The highest BCUT2D eigenvalue weighted by Crippen LogP contribution is 2.13. The Morgan fingerprint density at radius 2 is 2.00 bits per heavy atom. The Morgan fingerprint density at radius 3 is 2.72 bits per heavy atom. The van der Waals surface area contributed by atoms with Gasteiger partial charge in [-0.2, -0.15) is 5.10 Å². The van der Waals surface area contributed by atoms with Gasteiger partial charge in [0.1, 0.15) is 24.1 Å². The van der Waals surface area contributed by atoms with Crippen LogP contribution in [0.5, 0.6) is 5.75 Å². The zero-order valence-corrected chi connectivity index (χ0v) is 14.2. The summed E-state index contributed by atoms with van der Waals surface area (Å²) < 4.78 is 8.36. The molecule has 0 saturated heterocycles. The number of nitrogens with zero attached hydrogens (tertiary/aromatic N) is 3. The molecule has 0 aliphatic rings. The molecule has 25 heavy (non-hydrogen) atoms. The number of hydrogen-bond acceptors (Lipinski definition) is 4. The fourth-order valence-electron chi connectivity index (χ4n) is 2.44. The van der Waals surface area contributed by atoms with Gasteiger partial charge in [-0.25, -0.2) is 4.68 Å². The van der Waals surface area contributed by atoms with E-state index in [2.05, 4.69) is 10.4 Å². The number of ether oxygens (including phenoxy) is 1. The van der Waals surface area contributed by atoms with Gasteiger partial charge in [0.05, 0.1) is 6.10 Å². The molecule has 1 amide bonds. The number of hydrogen-bond donors (Lipinski definition) is 1. The molecule has 3 rings (SSSR count). The highest BCUT2D eigenvalue weighted by atomic mass is 16.5. The largest absolute Gasteiger partial charge is 0.491 e. The van der Waals surface area contributed by atoms with Crippen molar-refractivity contribution in [2.45, 2.75) is 33.0 Å². The van der Waals surface area contributed by atoms with Crippen molar-refractivity contribution in [3.63, 3.8) is 0 Å². The number of aromatic nitrogens is 3. The summed E-state index contributed by atoms with van der Waals surface area (Å²) in [5, 5.41) is 6.79. The predicted molar refractivity (Wildman–Crippen MR) is 93.5 cm³/mol. The molecule has 0 radical (unpaired) electrons. The average molecular weight is 340 g/mol.